The molecule has 9 nitrogen and oxygen atoms in total. The zero-order valence-corrected chi connectivity index (χ0v) is 18.6. The first-order chi connectivity index (χ1) is 14.9. The number of furan rings is 1. The van der Waals surface area contributed by atoms with Crippen molar-refractivity contribution in [2.45, 2.75) is 19.8 Å². The fraction of sp³-hybridized carbons (Fsp3) is 0.381. The third-order valence-electron chi connectivity index (χ3n) is 4.84. The van der Waals surface area contributed by atoms with E-state index in [-0.39, 0.29) is 12.4 Å². The van der Waals surface area contributed by atoms with Gasteiger partial charge in [-0.1, -0.05) is 6.92 Å². The van der Waals surface area contributed by atoms with Gasteiger partial charge in [-0.2, -0.15) is 0 Å². The number of sulfone groups is 1. The van der Waals surface area contributed by atoms with E-state index in [2.05, 4.69) is 26.9 Å². The fourth-order valence-electron chi connectivity index (χ4n) is 3.42. The Morgan fingerprint density at radius 2 is 2.06 bits per heavy atom. The molecule has 0 spiro atoms. The molecule has 0 saturated carbocycles. The maximum atomic E-state index is 11.3. The molecular weight excluding hydrogens is 418 g/mol. The van der Waals surface area contributed by atoms with Crippen LogP contribution in [0.2, 0.25) is 0 Å². The number of aromatic nitrogens is 4. The van der Waals surface area contributed by atoms with Gasteiger partial charge < -0.3 is 14.1 Å². The van der Waals surface area contributed by atoms with Crippen molar-refractivity contribution in [3.8, 4) is 17.3 Å². The lowest BCUT2D eigenvalue weighted by Gasteiger charge is -2.17. The molecule has 164 valence electrons. The lowest BCUT2D eigenvalue weighted by molar-refractivity contribution is 0.301. The van der Waals surface area contributed by atoms with E-state index >= 15 is 0 Å². The zero-order valence-electron chi connectivity index (χ0n) is 17.8. The van der Waals surface area contributed by atoms with Gasteiger partial charge in [0.15, 0.2) is 11.4 Å². The van der Waals surface area contributed by atoms with Crippen molar-refractivity contribution in [2.24, 2.45) is 0 Å². The summed E-state index contributed by atoms with van der Waals surface area (Å²) in [5.41, 5.74) is 2.09. The molecule has 0 unspecified atom stereocenters. The Bertz CT molecular complexity index is 1310. The summed E-state index contributed by atoms with van der Waals surface area (Å²) in [6.45, 7) is 3.28. The van der Waals surface area contributed by atoms with Gasteiger partial charge in [-0.05, 0) is 31.0 Å². The van der Waals surface area contributed by atoms with Gasteiger partial charge in [0, 0.05) is 32.1 Å². The third-order valence-corrected chi connectivity index (χ3v) is 5.87. The van der Waals surface area contributed by atoms with Crippen molar-refractivity contribution in [1.82, 2.24) is 19.6 Å². The quantitative estimate of drug-likeness (QED) is 0.363. The van der Waals surface area contributed by atoms with Crippen molar-refractivity contribution in [1.29, 1.82) is 0 Å². The summed E-state index contributed by atoms with van der Waals surface area (Å²) in [5.74, 6) is 1.96. The Kier molecular flexibility index (Phi) is 5.81. The van der Waals surface area contributed by atoms with Crippen LogP contribution in [0.3, 0.4) is 0 Å². The molecular formula is C21H25N5O4S. The van der Waals surface area contributed by atoms with Crippen LogP contribution in [0.4, 0.5) is 5.82 Å². The predicted octanol–water partition coefficient (Wildman–Crippen LogP) is 3.20. The summed E-state index contributed by atoms with van der Waals surface area (Å²) in [6, 6.07) is 7.31. The highest BCUT2D eigenvalue weighted by Gasteiger charge is 2.17. The average molecular weight is 444 g/mol. The number of imidazole rings is 1. The van der Waals surface area contributed by atoms with E-state index in [0.29, 0.717) is 29.4 Å². The first-order valence-corrected chi connectivity index (χ1v) is 12.2. The van der Waals surface area contributed by atoms with Crippen molar-refractivity contribution >= 4 is 32.3 Å². The Labute approximate surface area is 180 Å². The first kappa shape index (κ1) is 21.1. The highest BCUT2D eigenvalue weighted by molar-refractivity contribution is 7.90. The summed E-state index contributed by atoms with van der Waals surface area (Å²) >= 11 is 0. The van der Waals surface area contributed by atoms with Crippen LogP contribution in [0.25, 0.3) is 28.1 Å². The number of anilines is 1. The lowest BCUT2D eigenvalue weighted by atomic mass is 10.2. The predicted molar refractivity (Wildman–Crippen MR) is 119 cm³/mol. The molecule has 4 aromatic heterocycles. The molecule has 4 rings (SSSR count). The number of ether oxygens (including phenoxy) is 1. The fourth-order valence-corrected chi connectivity index (χ4v) is 4.06. The van der Waals surface area contributed by atoms with Crippen LogP contribution >= 0.6 is 0 Å². The lowest BCUT2D eigenvalue weighted by Crippen LogP contribution is -2.18. The van der Waals surface area contributed by atoms with Crippen molar-refractivity contribution < 1.29 is 17.6 Å². The van der Waals surface area contributed by atoms with Gasteiger partial charge in [0.25, 0.3) is 0 Å². The Hall–Kier alpha value is -3.14. The van der Waals surface area contributed by atoms with E-state index in [1.54, 1.807) is 29.0 Å². The van der Waals surface area contributed by atoms with Gasteiger partial charge >= 0.3 is 0 Å². The SMILES string of the molecule is CCCN(C)c1nccc2oc(-c3cnc4ccc(OCCCS(C)(=O)=O)nn34)cc12. The number of nitrogens with zero attached hydrogens (tertiary/aromatic N) is 5. The molecule has 0 bridgehead atoms. The molecule has 31 heavy (non-hydrogen) atoms. The molecule has 0 aromatic carbocycles. The van der Waals surface area contributed by atoms with Crippen molar-refractivity contribution in [3.05, 3.63) is 36.7 Å². The number of pyridine rings is 1. The normalized spacial score (nSPS) is 12.0. The molecule has 0 radical (unpaired) electrons. The number of fused-ring (bicyclic) bond motifs is 2. The second-order valence-electron chi connectivity index (χ2n) is 7.50. The van der Waals surface area contributed by atoms with Crippen LogP contribution in [0.15, 0.2) is 41.1 Å². The topological polar surface area (TPSA) is 103 Å². The van der Waals surface area contributed by atoms with Gasteiger partial charge in [-0.3, -0.25) is 0 Å². The van der Waals surface area contributed by atoms with Crippen LogP contribution in [-0.4, -0.2) is 60.2 Å². The van der Waals surface area contributed by atoms with E-state index < -0.39 is 9.84 Å². The second kappa shape index (κ2) is 8.54. The van der Waals surface area contributed by atoms with Gasteiger partial charge in [0.05, 0.1) is 23.9 Å². The smallest absolute Gasteiger partial charge is 0.231 e. The molecule has 0 saturated heterocycles. The van der Waals surface area contributed by atoms with Crippen LogP contribution in [0.5, 0.6) is 5.88 Å². The molecule has 0 aliphatic heterocycles. The molecule has 4 heterocycles. The molecule has 0 amide bonds. The van der Waals surface area contributed by atoms with Crippen LogP contribution < -0.4 is 9.64 Å². The summed E-state index contributed by atoms with van der Waals surface area (Å²) in [5, 5.41) is 5.43. The number of hydrogen-bond acceptors (Lipinski definition) is 8. The molecule has 0 fully saturated rings. The maximum absolute atomic E-state index is 11.3. The third kappa shape index (κ3) is 4.63. The molecule has 0 aliphatic carbocycles. The number of rotatable bonds is 9. The van der Waals surface area contributed by atoms with E-state index in [1.165, 1.54) is 6.26 Å². The standard InChI is InChI=1S/C21H25N5O4S/c1-4-10-25(2)21-15-13-18(30-17(15)8-9-22-21)16-14-23-19-6-7-20(24-26(16)19)29-11-5-12-31(3,27)28/h6-9,13-14H,4-5,10-12H2,1-3H3. The zero-order chi connectivity index (χ0) is 22.0. The number of hydrogen-bond donors (Lipinski definition) is 0. The van der Waals surface area contributed by atoms with Crippen molar-refractivity contribution in [2.75, 3.05) is 37.1 Å². The summed E-state index contributed by atoms with van der Waals surface area (Å²) < 4.78 is 35.9. The summed E-state index contributed by atoms with van der Waals surface area (Å²) in [7, 11) is -0.995. The highest BCUT2D eigenvalue weighted by Crippen LogP contribution is 2.32. The van der Waals surface area contributed by atoms with Crippen LogP contribution in [0.1, 0.15) is 19.8 Å². The molecule has 0 N–H and O–H groups in total. The van der Waals surface area contributed by atoms with Crippen LogP contribution in [-0.2, 0) is 9.84 Å². The average Bonchev–Trinajstić information content (AvgIpc) is 3.33. The highest BCUT2D eigenvalue weighted by atomic mass is 32.2. The van der Waals surface area contributed by atoms with Crippen LogP contribution in [0, 0.1) is 0 Å². The Morgan fingerprint density at radius 3 is 2.84 bits per heavy atom. The largest absolute Gasteiger partial charge is 0.477 e. The minimum absolute atomic E-state index is 0.0768. The van der Waals surface area contributed by atoms with E-state index in [1.807, 2.05) is 19.2 Å². The molecule has 4 aromatic rings. The van der Waals surface area contributed by atoms with E-state index in [0.717, 1.165) is 29.8 Å². The Balaban J connectivity index is 1.63. The summed E-state index contributed by atoms with van der Waals surface area (Å²) in [6.07, 6.45) is 6.08. The minimum atomic E-state index is -3.01. The monoisotopic (exact) mass is 443 g/mol. The van der Waals surface area contributed by atoms with Crippen molar-refractivity contribution in [3.63, 3.8) is 0 Å². The van der Waals surface area contributed by atoms with Gasteiger partial charge in [-0.25, -0.2) is 22.9 Å². The maximum Gasteiger partial charge on any atom is 0.231 e. The van der Waals surface area contributed by atoms with Gasteiger partial charge in [-0.15, -0.1) is 5.10 Å². The minimum Gasteiger partial charge on any atom is -0.477 e. The molecule has 0 atom stereocenters. The Morgan fingerprint density at radius 1 is 1.23 bits per heavy atom. The van der Waals surface area contributed by atoms with Gasteiger partial charge in [0.1, 0.15) is 26.9 Å². The second-order valence-corrected chi connectivity index (χ2v) is 9.76. The molecule has 0 aliphatic rings. The van der Waals surface area contributed by atoms with E-state index in [4.69, 9.17) is 9.15 Å². The van der Waals surface area contributed by atoms with E-state index in [9.17, 15) is 8.42 Å². The summed E-state index contributed by atoms with van der Waals surface area (Å²) in [4.78, 5) is 11.0. The molecule has 10 heteroatoms. The van der Waals surface area contributed by atoms with Gasteiger partial charge in [0.2, 0.25) is 5.88 Å². The first-order valence-electron chi connectivity index (χ1n) is 10.1.